The molecule has 1 aliphatic rings. The minimum atomic E-state index is -0.787. The highest BCUT2D eigenvalue weighted by Gasteiger charge is 2.30. The fourth-order valence-electron chi connectivity index (χ4n) is 1.28. The minimum Gasteiger partial charge on any atom is -0.593 e. The van der Waals surface area contributed by atoms with Crippen molar-refractivity contribution in [3.05, 3.63) is 34.5 Å². The van der Waals surface area contributed by atoms with Gasteiger partial charge in [0.2, 0.25) is 0 Å². The molecule has 0 spiro atoms. The molecule has 0 amide bonds. The zero-order chi connectivity index (χ0) is 11.0. The molecule has 78 valence electrons. The number of fused-ring (bicyclic) bond motifs is 1. The summed E-state index contributed by atoms with van der Waals surface area (Å²) in [5.41, 5.74) is 0.263. The third-order valence-electron chi connectivity index (χ3n) is 1.99. The third-order valence-corrected chi connectivity index (χ3v) is 1.99. The van der Waals surface area contributed by atoms with Crippen molar-refractivity contribution < 1.29 is 24.5 Å². The second-order valence-corrected chi connectivity index (χ2v) is 2.84. The second kappa shape index (κ2) is 3.41. The molecule has 1 atom stereocenters. The number of benzene rings is 1. The highest BCUT2D eigenvalue weighted by molar-refractivity contribution is 6.14. The molecule has 7 nitrogen and oxygen atoms in total. The van der Waals surface area contributed by atoms with Crippen LogP contribution in [0.3, 0.4) is 0 Å². The summed E-state index contributed by atoms with van der Waals surface area (Å²) >= 11 is 0. The Labute approximate surface area is 83.5 Å². The van der Waals surface area contributed by atoms with Crippen molar-refractivity contribution in [2.75, 3.05) is 0 Å². The van der Waals surface area contributed by atoms with Crippen molar-refractivity contribution in [1.82, 2.24) is 0 Å². The lowest BCUT2D eigenvalue weighted by Gasteiger charge is -2.14. The maximum absolute atomic E-state index is 11.1. The van der Waals surface area contributed by atoms with Crippen LogP contribution in [0.5, 0.6) is 0 Å². The van der Waals surface area contributed by atoms with E-state index in [1.807, 2.05) is 0 Å². The molecular formula is C8H6N2O5. The van der Waals surface area contributed by atoms with E-state index in [2.05, 4.69) is 15.6 Å². The topological polar surface area (TPSA) is 106 Å². The normalized spacial score (nSPS) is 16.1. The summed E-state index contributed by atoms with van der Waals surface area (Å²) in [5, 5.41) is 10.2. The first-order chi connectivity index (χ1) is 7.13. The summed E-state index contributed by atoms with van der Waals surface area (Å²) < 4.78 is 4.34. The second-order valence-electron chi connectivity index (χ2n) is 2.84. The van der Waals surface area contributed by atoms with Gasteiger partial charge in [0, 0.05) is 12.1 Å². The van der Waals surface area contributed by atoms with E-state index in [0.29, 0.717) is 0 Å². The molecule has 0 aromatic heterocycles. The van der Waals surface area contributed by atoms with Crippen molar-refractivity contribution >= 4 is 17.6 Å². The zero-order valence-electron chi connectivity index (χ0n) is 7.35. The summed E-state index contributed by atoms with van der Waals surface area (Å²) in [6.45, 7) is 0. The van der Waals surface area contributed by atoms with Crippen molar-refractivity contribution in [3.8, 4) is 0 Å². The molecule has 0 saturated carbocycles. The number of nitrogens with two attached hydrogens (primary N) is 1. The number of carbonyl (C=O) groups excluding carboxylic acids is 2. The van der Waals surface area contributed by atoms with E-state index in [0.717, 1.165) is 0 Å². The van der Waals surface area contributed by atoms with Gasteiger partial charge in [-0.15, -0.1) is 4.94 Å². The Morgan fingerprint density at radius 1 is 1.27 bits per heavy atom. The molecule has 1 aromatic rings. The average Bonchev–Trinajstić information content (AvgIpc) is 2.53. The highest BCUT2D eigenvalue weighted by atomic mass is 16.9. The van der Waals surface area contributed by atoms with Crippen LogP contribution in [0.1, 0.15) is 20.7 Å². The Balaban J connectivity index is 2.47. The predicted molar refractivity (Wildman–Crippen MR) is 45.5 cm³/mol. The Bertz CT molecular complexity index is 445. The molecule has 7 heteroatoms. The van der Waals surface area contributed by atoms with Gasteiger partial charge < -0.3 is 9.94 Å². The highest BCUT2D eigenvalue weighted by Crippen LogP contribution is 2.21. The molecule has 0 fully saturated rings. The van der Waals surface area contributed by atoms with Crippen LogP contribution in [0.15, 0.2) is 18.2 Å². The predicted octanol–water partition coefficient (Wildman–Crippen LogP) is -1.18. The van der Waals surface area contributed by atoms with Gasteiger partial charge in [-0.05, 0) is 6.07 Å². The van der Waals surface area contributed by atoms with Crippen LogP contribution >= 0.6 is 0 Å². The molecule has 1 heterocycles. The van der Waals surface area contributed by atoms with Crippen LogP contribution in [0.25, 0.3) is 0 Å². The van der Waals surface area contributed by atoms with Gasteiger partial charge in [-0.3, -0.25) is 0 Å². The van der Waals surface area contributed by atoms with Gasteiger partial charge in [0.1, 0.15) is 0 Å². The summed E-state index contributed by atoms with van der Waals surface area (Å²) in [4.78, 5) is 26.1. The summed E-state index contributed by atoms with van der Waals surface area (Å²) in [6, 6.07) is 3.85. The van der Waals surface area contributed by atoms with Crippen molar-refractivity contribution in [3.63, 3.8) is 0 Å². The molecule has 1 aliphatic heterocycles. The fraction of sp³-hybridized carbons (Fsp3) is 0. The number of hydrogen-bond acceptors (Lipinski definition) is 6. The van der Waals surface area contributed by atoms with E-state index < -0.39 is 17.2 Å². The van der Waals surface area contributed by atoms with Crippen LogP contribution in [-0.4, -0.2) is 11.9 Å². The monoisotopic (exact) mass is 210 g/mol. The van der Waals surface area contributed by atoms with E-state index in [-0.39, 0.29) is 16.8 Å². The van der Waals surface area contributed by atoms with Crippen molar-refractivity contribution in [1.29, 1.82) is 0 Å². The first-order valence-corrected chi connectivity index (χ1v) is 3.95. The minimum absolute atomic E-state index is 0.0444. The van der Waals surface area contributed by atoms with Gasteiger partial charge in [-0.25, -0.2) is 9.59 Å². The molecule has 0 aliphatic carbocycles. The Morgan fingerprint density at radius 2 is 1.93 bits per heavy atom. The van der Waals surface area contributed by atoms with E-state index in [9.17, 15) is 14.8 Å². The number of rotatable bonds is 2. The molecule has 0 radical (unpaired) electrons. The van der Waals surface area contributed by atoms with Crippen LogP contribution in [0, 0.1) is 5.21 Å². The molecule has 15 heavy (non-hydrogen) atoms. The van der Waals surface area contributed by atoms with Gasteiger partial charge in [0.05, 0.1) is 11.1 Å². The molecule has 0 saturated heterocycles. The smallest absolute Gasteiger partial charge is 0.347 e. The lowest BCUT2D eigenvalue weighted by atomic mass is 10.1. The lowest BCUT2D eigenvalue weighted by Crippen LogP contribution is -3.02. The third kappa shape index (κ3) is 1.49. The maximum atomic E-state index is 11.1. The molecule has 3 N–H and O–H groups in total. The number of cyclic esters (lactones) is 2. The first kappa shape index (κ1) is 9.74. The number of nitrogens with one attached hydrogen (secondary N) is 1. The number of carbonyl (C=O) groups is 2. The van der Waals surface area contributed by atoms with Crippen molar-refractivity contribution in [2.24, 2.45) is 5.90 Å². The fourth-order valence-corrected chi connectivity index (χ4v) is 1.28. The summed E-state index contributed by atoms with van der Waals surface area (Å²) in [6.07, 6.45) is 0. The van der Waals surface area contributed by atoms with Gasteiger partial charge in [0.25, 0.3) is 0 Å². The van der Waals surface area contributed by atoms with E-state index >= 15 is 0 Å². The van der Waals surface area contributed by atoms with Gasteiger partial charge in [-0.1, -0.05) is 0 Å². The number of ether oxygens (including phenoxy) is 1. The SMILES string of the molecule is NO[NH+]([O-])c1ccc2c(c1)C(=O)OC2=O. The largest absolute Gasteiger partial charge is 0.593 e. The lowest BCUT2D eigenvalue weighted by molar-refractivity contribution is -1.00. The maximum Gasteiger partial charge on any atom is 0.347 e. The molecule has 1 unspecified atom stereocenters. The van der Waals surface area contributed by atoms with Crippen LogP contribution in [0.2, 0.25) is 0 Å². The molecule has 0 bridgehead atoms. The quantitative estimate of drug-likeness (QED) is 0.361. The average molecular weight is 210 g/mol. The number of quaternary nitrogens is 1. The molecular weight excluding hydrogens is 204 g/mol. The number of hydrogen-bond donors (Lipinski definition) is 2. The summed E-state index contributed by atoms with van der Waals surface area (Å²) in [5.74, 6) is 3.18. The van der Waals surface area contributed by atoms with E-state index in [1.165, 1.54) is 18.2 Å². The van der Waals surface area contributed by atoms with Gasteiger partial charge in [0.15, 0.2) is 5.69 Å². The molecule has 2 rings (SSSR count). The number of esters is 2. The summed E-state index contributed by atoms with van der Waals surface area (Å²) in [7, 11) is 0. The van der Waals surface area contributed by atoms with Crippen LogP contribution in [-0.2, 0) is 9.68 Å². The first-order valence-electron chi connectivity index (χ1n) is 3.95. The zero-order valence-corrected chi connectivity index (χ0v) is 7.35. The van der Waals surface area contributed by atoms with Gasteiger partial charge >= 0.3 is 11.9 Å². The standard InChI is InChI=1S/C8H6N2O5/c9-15-10(13)4-1-2-5-6(3-4)8(12)14-7(5)11/h1-3,10H,9H2. The van der Waals surface area contributed by atoms with E-state index in [4.69, 9.17) is 0 Å². The molecule has 1 aromatic carbocycles. The van der Waals surface area contributed by atoms with E-state index in [1.54, 1.807) is 0 Å². The Hall–Kier alpha value is -1.80. The Morgan fingerprint density at radius 3 is 2.60 bits per heavy atom. The van der Waals surface area contributed by atoms with Crippen LogP contribution in [0.4, 0.5) is 5.69 Å². The van der Waals surface area contributed by atoms with Gasteiger partial charge in [-0.2, -0.15) is 11.1 Å². The Kier molecular flexibility index (Phi) is 2.21. The van der Waals surface area contributed by atoms with Crippen LogP contribution < -0.4 is 11.1 Å². The van der Waals surface area contributed by atoms with Crippen molar-refractivity contribution in [2.45, 2.75) is 0 Å².